The van der Waals surface area contributed by atoms with Crippen LogP contribution < -0.4 is 10.4 Å². The molecule has 0 aromatic heterocycles. The molecule has 0 fully saturated rings. The minimum atomic E-state index is -0.336. The second-order valence-electron chi connectivity index (χ2n) is 6.01. The Kier molecular flexibility index (Phi) is 2.93. The van der Waals surface area contributed by atoms with Crippen molar-refractivity contribution in [1.82, 2.24) is 0 Å². The van der Waals surface area contributed by atoms with E-state index in [4.69, 9.17) is 11.6 Å². The summed E-state index contributed by atoms with van der Waals surface area (Å²) in [7, 11) is 0. The molecule has 0 amide bonds. The Balaban J connectivity index is 2.22. The van der Waals surface area contributed by atoms with E-state index in [2.05, 4.69) is 25.1 Å². The van der Waals surface area contributed by atoms with E-state index in [9.17, 15) is 4.39 Å². The van der Waals surface area contributed by atoms with Crippen molar-refractivity contribution in [2.45, 2.75) is 32.6 Å². The molecule has 0 atom stereocenters. The maximum absolute atomic E-state index is 13.9. The molecule has 0 unspecified atom stereocenters. The number of halogens is 2. The molecule has 0 saturated heterocycles. The van der Waals surface area contributed by atoms with Gasteiger partial charge in [-0.1, -0.05) is 35.4 Å². The van der Waals surface area contributed by atoms with Gasteiger partial charge in [-0.3, -0.25) is 0 Å². The van der Waals surface area contributed by atoms with Crippen LogP contribution in [0.1, 0.15) is 30.9 Å². The minimum Gasteiger partial charge on any atom is -0.205 e. The fourth-order valence-electron chi connectivity index (χ4n) is 3.71. The smallest absolute Gasteiger partial charge is 0.142 e. The molecule has 106 valence electrons. The van der Waals surface area contributed by atoms with Crippen molar-refractivity contribution in [1.29, 1.82) is 0 Å². The minimum absolute atomic E-state index is 0.204. The van der Waals surface area contributed by atoms with Crippen LogP contribution in [-0.4, -0.2) is 0 Å². The van der Waals surface area contributed by atoms with Gasteiger partial charge in [-0.05, 0) is 76.7 Å². The molecule has 0 bridgehead atoms. The number of benzene rings is 2. The molecule has 2 aliphatic carbocycles. The van der Waals surface area contributed by atoms with Crippen molar-refractivity contribution in [2.24, 2.45) is 0 Å². The van der Waals surface area contributed by atoms with E-state index in [1.165, 1.54) is 40.0 Å². The summed E-state index contributed by atoms with van der Waals surface area (Å²) in [6, 6.07) is 7.69. The summed E-state index contributed by atoms with van der Waals surface area (Å²) in [6.07, 6.45) is 6.64. The van der Waals surface area contributed by atoms with E-state index in [1.54, 1.807) is 12.1 Å². The van der Waals surface area contributed by atoms with E-state index in [-0.39, 0.29) is 10.8 Å². The molecule has 0 radical (unpaired) electrons. The maximum atomic E-state index is 13.9. The average molecular weight is 299 g/mol. The van der Waals surface area contributed by atoms with Crippen LogP contribution in [-0.2, 0) is 12.8 Å². The van der Waals surface area contributed by atoms with Crippen molar-refractivity contribution in [3.8, 4) is 0 Å². The van der Waals surface area contributed by atoms with Crippen LogP contribution in [0.25, 0.3) is 11.6 Å². The fraction of sp³-hybridized carbons (Fsp3) is 0.263. The van der Waals surface area contributed by atoms with Crippen LogP contribution in [0.2, 0.25) is 5.02 Å². The first kappa shape index (κ1) is 13.1. The van der Waals surface area contributed by atoms with E-state index in [1.807, 2.05) is 0 Å². The lowest BCUT2D eigenvalue weighted by atomic mass is 9.86. The van der Waals surface area contributed by atoms with Gasteiger partial charge in [0, 0.05) is 0 Å². The van der Waals surface area contributed by atoms with Crippen molar-refractivity contribution in [3.05, 3.63) is 67.1 Å². The quantitative estimate of drug-likeness (QED) is 0.697. The molecule has 0 spiro atoms. The molecule has 2 aromatic carbocycles. The summed E-state index contributed by atoms with van der Waals surface area (Å²) < 4.78 is 13.9. The summed E-state index contributed by atoms with van der Waals surface area (Å²) in [5, 5.41) is 4.81. The van der Waals surface area contributed by atoms with Gasteiger partial charge >= 0.3 is 0 Å². The summed E-state index contributed by atoms with van der Waals surface area (Å²) in [6.45, 7) is 2.23. The molecular weight excluding hydrogens is 283 g/mol. The Morgan fingerprint density at radius 1 is 1.00 bits per heavy atom. The first-order valence-corrected chi connectivity index (χ1v) is 7.83. The monoisotopic (exact) mass is 298 g/mol. The van der Waals surface area contributed by atoms with Crippen LogP contribution in [0, 0.1) is 16.3 Å². The zero-order chi connectivity index (χ0) is 14.6. The van der Waals surface area contributed by atoms with Crippen molar-refractivity contribution >= 4 is 23.3 Å². The molecule has 2 aromatic rings. The van der Waals surface area contributed by atoms with Crippen molar-refractivity contribution < 1.29 is 4.39 Å². The van der Waals surface area contributed by atoms with Gasteiger partial charge in [0.15, 0.2) is 0 Å². The predicted octanol–water partition coefficient (Wildman–Crippen LogP) is 3.61. The first-order chi connectivity index (χ1) is 10.1. The van der Waals surface area contributed by atoms with Gasteiger partial charge in [0.05, 0.1) is 5.02 Å². The summed E-state index contributed by atoms with van der Waals surface area (Å²) in [5.74, 6) is -0.336. The normalized spacial score (nSPS) is 15.9. The second kappa shape index (κ2) is 4.71. The molecule has 0 aliphatic heterocycles. The van der Waals surface area contributed by atoms with Crippen LogP contribution in [0.5, 0.6) is 0 Å². The Labute approximate surface area is 127 Å². The van der Waals surface area contributed by atoms with E-state index in [0.29, 0.717) is 0 Å². The van der Waals surface area contributed by atoms with E-state index < -0.39 is 0 Å². The lowest BCUT2D eigenvalue weighted by Gasteiger charge is -2.19. The number of fused-ring (bicyclic) bond motifs is 4. The van der Waals surface area contributed by atoms with E-state index >= 15 is 0 Å². The Bertz CT molecular complexity index is 970. The third-order valence-corrected chi connectivity index (χ3v) is 5.07. The zero-order valence-corrected chi connectivity index (χ0v) is 12.7. The van der Waals surface area contributed by atoms with Gasteiger partial charge in [0.1, 0.15) is 5.82 Å². The summed E-state index contributed by atoms with van der Waals surface area (Å²) >= 11 is 5.91. The van der Waals surface area contributed by atoms with Crippen molar-refractivity contribution in [2.75, 3.05) is 0 Å². The number of hydrogen-bond donors (Lipinski definition) is 0. The molecule has 4 rings (SSSR count). The molecule has 0 saturated carbocycles. The Morgan fingerprint density at radius 2 is 1.81 bits per heavy atom. The third kappa shape index (κ3) is 1.95. The number of hydrogen-bond acceptors (Lipinski definition) is 0. The Morgan fingerprint density at radius 3 is 2.67 bits per heavy atom. The SMILES string of the molecule is CC1=c2ccc3c(c2CCC1)CC=c1cc(Cl)c(F)cc1=3. The van der Waals surface area contributed by atoms with Gasteiger partial charge in [-0.25, -0.2) is 4.39 Å². The largest absolute Gasteiger partial charge is 0.205 e. The van der Waals surface area contributed by atoms with Crippen LogP contribution >= 0.6 is 11.6 Å². The predicted molar refractivity (Wildman–Crippen MR) is 85.0 cm³/mol. The van der Waals surface area contributed by atoms with Gasteiger partial charge in [-0.15, -0.1) is 0 Å². The summed E-state index contributed by atoms with van der Waals surface area (Å²) in [4.78, 5) is 0. The lowest BCUT2D eigenvalue weighted by Crippen LogP contribution is -2.22. The first-order valence-electron chi connectivity index (χ1n) is 7.45. The zero-order valence-electron chi connectivity index (χ0n) is 12.0. The standard InChI is InChI=1S/C19H16ClF/c1-11-3-2-4-14-13(11)7-8-16-15(14)6-5-12-9-18(20)19(21)10-17(12)16/h5,7-10H,2-4,6H2,1H3. The molecule has 0 N–H and O–H groups in total. The topological polar surface area (TPSA) is 0 Å². The van der Waals surface area contributed by atoms with Gasteiger partial charge in [0.2, 0.25) is 0 Å². The highest BCUT2D eigenvalue weighted by molar-refractivity contribution is 6.30. The molecule has 21 heavy (non-hydrogen) atoms. The molecule has 0 nitrogen and oxygen atoms in total. The second-order valence-corrected chi connectivity index (χ2v) is 6.42. The molecule has 2 heteroatoms. The molecular formula is C19H16ClF. The Hall–Kier alpha value is -1.60. The van der Waals surface area contributed by atoms with Crippen LogP contribution in [0.15, 0.2) is 24.3 Å². The van der Waals surface area contributed by atoms with Crippen LogP contribution in [0.4, 0.5) is 4.39 Å². The molecule has 2 aliphatic rings. The van der Waals surface area contributed by atoms with Crippen LogP contribution in [0.3, 0.4) is 0 Å². The highest BCUT2D eigenvalue weighted by atomic mass is 35.5. The van der Waals surface area contributed by atoms with Gasteiger partial charge in [-0.2, -0.15) is 0 Å². The fourth-order valence-corrected chi connectivity index (χ4v) is 3.88. The highest BCUT2D eigenvalue weighted by Gasteiger charge is 2.14. The lowest BCUT2D eigenvalue weighted by molar-refractivity contribution is 0.626. The maximum Gasteiger partial charge on any atom is 0.142 e. The van der Waals surface area contributed by atoms with Crippen molar-refractivity contribution in [3.63, 3.8) is 0 Å². The van der Waals surface area contributed by atoms with E-state index in [0.717, 1.165) is 23.3 Å². The summed E-state index contributed by atoms with van der Waals surface area (Å²) in [5.41, 5.74) is 4.32. The third-order valence-electron chi connectivity index (χ3n) is 4.78. The molecule has 0 heterocycles. The average Bonchev–Trinajstić information content (AvgIpc) is 2.48. The van der Waals surface area contributed by atoms with Gasteiger partial charge < -0.3 is 0 Å². The number of rotatable bonds is 0. The highest BCUT2D eigenvalue weighted by Crippen LogP contribution is 2.21. The van der Waals surface area contributed by atoms with Gasteiger partial charge in [0.25, 0.3) is 0 Å².